The van der Waals surface area contributed by atoms with Crippen LogP contribution in [0.1, 0.15) is 26.2 Å². The zero-order valence-corrected chi connectivity index (χ0v) is 9.57. The van der Waals surface area contributed by atoms with Crippen molar-refractivity contribution in [2.75, 3.05) is 17.4 Å². The Morgan fingerprint density at radius 2 is 1.85 bits per heavy atom. The summed E-state index contributed by atoms with van der Waals surface area (Å²) in [5.74, 6) is 1.18. The summed E-state index contributed by atoms with van der Waals surface area (Å²) in [5.41, 5.74) is 0. The van der Waals surface area contributed by atoms with Gasteiger partial charge in [0.15, 0.2) is 0 Å². The maximum Gasteiger partial charge on any atom is 0.150 e. The molecule has 13 heavy (non-hydrogen) atoms. The number of halogens is 1. The third-order valence-electron chi connectivity index (χ3n) is 1.71. The van der Waals surface area contributed by atoms with Gasteiger partial charge in [0, 0.05) is 11.6 Å². The van der Waals surface area contributed by atoms with Crippen LogP contribution in [0, 0.1) is 0 Å². The van der Waals surface area contributed by atoms with Gasteiger partial charge in [0.1, 0.15) is 9.84 Å². The Bertz CT molecular complexity index is 232. The van der Waals surface area contributed by atoms with Crippen molar-refractivity contribution in [3.8, 4) is 0 Å². The first kappa shape index (κ1) is 13.0. The van der Waals surface area contributed by atoms with E-state index in [0.717, 1.165) is 19.3 Å². The second-order valence-corrected chi connectivity index (χ2v) is 5.68. The quantitative estimate of drug-likeness (QED) is 0.378. The van der Waals surface area contributed by atoms with Crippen LogP contribution in [0.3, 0.4) is 0 Å². The second kappa shape index (κ2) is 7.39. The molecule has 0 aromatic carbocycles. The molecule has 0 aromatic heterocycles. The van der Waals surface area contributed by atoms with E-state index >= 15 is 0 Å². The van der Waals surface area contributed by atoms with Crippen molar-refractivity contribution in [3.63, 3.8) is 0 Å². The molecule has 0 saturated carbocycles. The summed E-state index contributed by atoms with van der Waals surface area (Å²) in [6.45, 7) is 1.68. The van der Waals surface area contributed by atoms with Gasteiger partial charge >= 0.3 is 0 Å². The predicted octanol–water partition coefficient (Wildman–Crippen LogP) is 2.39. The number of sulfone groups is 1. The predicted molar refractivity (Wildman–Crippen MR) is 58.0 cm³/mol. The second-order valence-electron chi connectivity index (χ2n) is 2.83. The van der Waals surface area contributed by atoms with Gasteiger partial charge in [0.25, 0.3) is 0 Å². The fraction of sp³-hybridized carbons (Fsp3) is 0.778. The van der Waals surface area contributed by atoms with E-state index in [9.17, 15) is 8.42 Å². The molecule has 0 fully saturated rings. The van der Waals surface area contributed by atoms with E-state index in [-0.39, 0.29) is 5.75 Å². The van der Waals surface area contributed by atoms with Crippen LogP contribution in [-0.4, -0.2) is 25.8 Å². The highest BCUT2D eigenvalue weighted by atomic mass is 35.5. The number of rotatable bonds is 7. The SMILES string of the molecule is CCS(=O)(=O)CCCC=CCCCl. The summed E-state index contributed by atoms with van der Waals surface area (Å²) < 4.78 is 22.1. The standard InChI is InChI=1S/C9H17ClO2S/c1-2-13(11,12)9-7-5-3-4-6-8-10/h3-4H,2,5-9H2,1H3. The summed E-state index contributed by atoms with van der Waals surface area (Å²) >= 11 is 5.46. The maximum atomic E-state index is 11.0. The minimum absolute atomic E-state index is 0.248. The third-order valence-corrected chi connectivity index (χ3v) is 3.72. The zero-order valence-electron chi connectivity index (χ0n) is 8.00. The highest BCUT2D eigenvalue weighted by Gasteiger charge is 2.04. The normalized spacial score (nSPS) is 12.5. The van der Waals surface area contributed by atoms with E-state index in [4.69, 9.17) is 11.6 Å². The van der Waals surface area contributed by atoms with Crippen molar-refractivity contribution in [2.24, 2.45) is 0 Å². The Balaban J connectivity index is 3.46. The molecule has 0 atom stereocenters. The average Bonchev–Trinajstić information content (AvgIpc) is 2.11. The molecule has 0 aliphatic heterocycles. The Kier molecular flexibility index (Phi) is 7.38. The third kappa shape index (κ3) is 8.31. The van der Waals surface area contributed by atoms with E-state index in [1.54, 1.807) is 6.92 Å². The monoisotopic (exact) mass is 224 g/mol. The molecule has 0 spiro atoms. The minimum atomic E-state index is -2.77. The van der Waals surface area contributed by atoms with E-state index < -0.39 is 9.84 Å². The molecule has 4 heteroatoms. The van der Waals surface area contributed by atoms with Gasteiger partial charge in [-0.1, -0.05) is 19.1 Å². The summed E-state index contributed by atoms with van der Waals surface area (Å²) in [7, 11) is -2.77. The lowest BCUT2D eigenvalue weighted by Crippen LogP contribution is -2.07. The van der Waals surface area contributed by atoms with E-state index in [2.05, 4.69) is 0 Å². The lowest BCUT2D eigenvalue weighted by molar-refractivity contribution is 0.595. The largest absolute Gasteiger partial charge is 0.229 e. The number of allylic oxidation sites excluding steroid dienone is 2. The van der Waals surface area contributed by atoms with Crippen molar-refractivity contribution in [3.05, 3.63) is 12.2 Å². The molecular weight excluding hydrogens is 208 g/mol. The molecule has 0 bridgehead atoms. The maximum absolute atomic E-state index is 11.0. The molecule has 0 aromatic rings. The molecule has 0 unspecified atom stereocenters. The Morgan fingerprint density at radius 1 is 1.23 bits per heavy atom. The van der Waals surface area contributed by atoms with Crippen LogP contribution in [0.4, 0.5) is 0 Å². The number of unbranched alkanes of at least 4 members (excludes halogenated alkanes) is 1. The number of hydrogen-bond donors (Lipinski definition) is 0. The summed E-state index contributed by atoms with van der Waals surface area (Å²) in [4.78, 5) is 0. The highest BCUT2D eigenvalue weighted by Crippen LogP contribution is 1.99. The van der Waals surface area contributed by atoms with Crippen LogP contribution in [0.25, 0.3) is 0 Å². The first-order valence-corrected chi connectivity index (χ1v) is 6.89. The molecule has 0 N–H and O–H groups in total. The Labute approximate surface area is 85.9 Å². The fourth-order valence-corrected chi connectivity index (χ4v) is 1.89. The van der Waals surface area contributed by atoms with Crippen molar-refractivity contribution >= 4 is 21.4 Å². The van der Waals surface area contributed by atoms with Crippen LogP contribution in [0.15, 0.2) is 12.2 Å². The topological polar surface area (TPSA) is 34.1 Å². The molecule has 0 saturated heterocycles. The molecule has 0 rings (SSSR count). The number of alkyl halides is 1. The van der Waals surface area contributed by atoms with Gasteiger partial charge in [-0.05, 0) is 19.3 Å². The summed E-state index contributed by atoms with van der Waals surface area (Å²) in [6, 6.07) is 0. The van der Waals surface area contributed by atoms with Crippen molar-refractivity contribution in [1.82, 2.24) is 0 Å². The van der Waals surface area contributed by atoms with Gasteiger partial charge in [0.05, 0.1) is 5.75 Å². The van der Waals surface area contributed by atoms with Crippen LogP contribution in [0.2, 0.25) is 0 Å². The zero-order chi connectivity index (χ0) is 10.2. The van der Waals surface area contributed by atoms with E-state index in [0.29, 0.717) is 11.6 Å². The van der Waals surface area contributed by atoms with Crippen molar-refractivity contribution in [2.45, 2.75) is 26.2 Å². The Morgan fingerprint density at radius 3 is 2.38 bits per heavy atom. The first-order chi connectivity index (χ1) is 6.12. The molecule has 0 amide bonds. The Hall–Kier alpha value is -0.0200. The van der Waals surface area contributed by atoms with E-state index in [1.165, 1.54) is 0 Å². The number of hydrogen-bond acceptors (Lipinski definition) is 2. The smallest absolute Gasteiger partial charge is 0.150 e. The van der Waals surface area contributed by atoms with Gasteiger partial charge in [0.2, 0.25) is 0 Å². The fourth-order valence-electron chi connectivity index (χ4n) is 0.864. The van der Waals surface area contributed by atoms with Crippen LogP contribution >= 0.6 is 11.6 Å². The average molecular weight is 225 g/mol. The van der Waals surface area contributed by atoms with Crippen LogP contribution in [-0.2, 0) is 9.84 Å². The molecule has 0 radical (unpaired) electrons. The van der Waals surface area contributed by atoms with Crippen molar-refractivity contribution in [1.29, 1.82) is 0 Å². The molecule has 0 aliphatic carbocycles. The van der Waals surface area contributed by atoms with E-state index in [1.807, 2.05) is 12.2 Å². The molecule has 0 aliphatic rings. The van der Waals surface area contributed by atoms with Crippen LogP contribution in [0.5, 0.6) is 0 Å². The molecule has 78 valence electrons. The van der Waals surface area contributed by atoms with Gasteiger partial charge in [-0.15, -0.1) is 11.6 Å². The first-order valence-electron chi connectivity index (χ1n) is 4.53. The summed E-state index contributed by atoms with van der Waals surface area (Å²) in [5, 5.41) is 0. The molecule has 2 nitrogen and oxygen atoms in total. The molecular formula is C9H17ClO2S. The minimum Gasteiger partial charge on any atom is -0.229 e. The molecule has 0 heterocycles. The highest BCUT2D eigenvalue weighted by molar-refractivity contribution is 7.91. The lowest BCUT2D eigenvalue weighted by Gasteiger charge is -1.97. The lowest BCUT2D eigenvalue weighted by atomic mass is 10.3. The van der Waals surface area contributed by atoms with Gasteiger partial charge < -0.3 is 0 Å². The van der Waals surface area contributed by atoms with Gasteiger partial charge in [-0.25, -0.2) is 8.42 Å². The van der Waals surface area contributed by atoms with Gasteiger partial charge in [-0.3, -0.25) is 0 Å². The van der Waals surface area contributed by atoms with Crippen LogP contribution < -0.4 is 0 Å². The van der Waals surface area contributed by atoms with Gasteiger partial charge in [-0.2, -0.15) is 0 Å². The summed E-state index contributed by atoms with van der Waals surface area (Å²) in [6.07, 6.45) is 6.40. The van der Waals surface area contributed by atoms with Crippen molar-refractivity contribution < 1.29 is 8.42 Å².